The largest absolute Gasteiger partial charge is 0.379 e. The highest BCUT2D eigenvalue weighted by Crippen LogP contribution is 2.04. The Labute approximate surface area is 68.1 Å². The van der Waals surface area contributed by atoms with Crippen molar-refractivity contribution in [2.75, 3.05) is 6.61 Å². The van der Waals surface area contributed by atoms with Gasteiger partial charge in [0.25, 0.3) is 0 Å². The molecule has 0 aliphatic carbocycles. The Morgan fingerprint density at radius 2 is 2.18 bits per heavy atom. The maximum absolute atomic E-state index is 8.53. The zero-order valence-electron chi connectivity index (χ0n) is 7.42. The van der Waals surface area contributed by atoms with Crippen LogP contribution in [0.2, 0.25) is 0 Å². The van der Waals surface area contributed by atoms with Crippen molar-refractivity contribution in [2.45, 2.75) is 38.8 Å². The van der Waals surface area contributed by atoms with Gasteiger partial charge in [-0.2, -0.15) is 5.26 Å². The second-order valence-electron chi connectivity index (χ2n) is 3.20. The van der Waals surface area contributed by atoms with Crippen LogP contribution >= 0.6 is 0 Å². The van der Waals surface area contributed by atoms with Gasteiger partial charge in [0.15, 0.2) is 0 Å². The lowest BCUT2D eigenvalue weighted by Crippen LogP contribution is -2.35. The van der Waals surface area contributed by atoms with Crippen molar-refractivity contribution < 1.29 is 4.74 Å². The Bertz CT molecular complexity index is 147. The molecule has 0 radical (unpaired) electrons. The molecule has 0 aliphatic rings. The first-order valence-corrected chi connectivity index (χ1v) is 3.79. The maximum atomic E-state index is 8.53. The minimum atomic E-state index is -0.741. The van der Waals surface area contributed by atoms with Crippen molar-refractivity contribution >= 4 is 0 Å². The van der Waals surface area contributed by atoms with E-state index in [9.17, 15) is 0 Å². The van der Waals surface area contributed by atoms with Gasteiger partial charge in [0, 0.05) is 13.0 Å². The molecule has 0 aromatic rings. The quantitative estimate of drug-likeness (QED) is 0.661. The summed E-state index contributed by atoms with van der Waals surface area (Å²) in [7, 11) is 0. The molecule has 1 atom stereocenters. The van der Waals surface area contributed by atoms with Crippen LogP contribution in [0.4, 0.5) is 0 Å². The second-order valence-corrected chi connectivity index (χ2v) is 3.20. The molecule has 0 amide bonds. The van der Waals surface area contributed by atoms with Crippen molar-refractivity contribution in [3.8, 4) is 6.07 Å². The van der Waals surface area contributed by atoms with Crippen LogP contribution in [-0.2, 0) is 4.74 Å². The number of nitrogens with two attached hydrogens (primary N) is 1. The molecule has 0 unspecified atom stereocenters. The lowest BCUT2D eigenvalue weighted by molar-refractivity contribution is 0.0706. The Morgan fingerprint density at radius 1 is 1.64 bits per heavy atom. The summed E-state index contributed by atoms with van der Waals surface area (Å²) in [6, 6.07) is 2.01. The molecule has 0 fully saturated rings. The lowest BCUT2D eigenvalue weighted by atomic mass is 10.0. The minimum Gasteiger partial charge on any atom is -0.379 e. The summed E-state index contributed by atoms with van der Waals surface area (Å²) in [5.41, 5.74) is 4.82. The fourth-order valence-electron chi connectivity index (χ4n) is 0.563. The van der Waals surface area contributed by atoms with Gasteiger partial charge in [-0.15, -0.1) is 0 Å². The van der Waals surface area contributed by atoms with Crippen molar-refractivity contribution in [1.29, 1.82) is 5.26 Å². The topological polar surface area (TPSA) is 59.0 Å². The predicted octanol–water partition coefficient (Wildman–Crippen LogP) is 1.04. The van der Waals surface area contributed by atoms with E-state index >= 15 is 0 Å². The highest BCUT2D eigenvalue weighted by Gasteiger charge is 2.16. The smallest absolute Gasteiger partial charge is 0.103 e. The van der Waals surface area contributed by atoms with Gasteiger partial charge in [-0.3, -0.25) is 0 Å². The number of ether oxygens (including phenoxy) is 1. The molecule has 0 saturated heterocycles. The standard InChI is InChI=1S/C8H16N2O/c1-7(2)11-5-4-8(3,10)6-9/h7H,4-5,10H2,1-3H3/t8-/m0/s1. The number of rotatable bonds is 4. The van der Waals surface area contributed by atoms with E-state index in [-0.39, 0.29) is 6.10 Å². The molecule has 2 N–H and O–H groups in total. The first-order chi connectivity index (χ1) is 4.98. The van der Waals surface area contributed by atoms with Crippen LogP contribution in [-0.4, -0.2) is 18.2 Å². The Kier molecular flexibility index (Phi) is 4.09. The minimum absolute atomic E-state index is 0.212. The van der Waals surface area contributed by atoms with Gasteiger partial charge < -0.3 is 10.5 Å². The van der Waals surface area contributed by atoms with Crippen LogP contribution in [0.25, 0.3) is 0 Å². The molecule has 64 valence electrons. The molecule has 0 aromatic heterocycles. The van der Waals surface area contributed by atoms with E-state index in [2.05, 4.69) is 0 Å². The molecule has 0 rings (SSSR count). The van der Waals surface area contributed by atoms with Crippen molar-refractivity contribution in [1.82, 2.24) is 0 Å². The van der Waals surface area contributed by atoms with Crippen LogP contribution in [0.15, 0.2) is 0 Å². The average Bonchev–Trinajstić information content (AvgIpc) is 1.87. The summed E-state index contributed by atoms with van der Waals surface area (Å²) in [4.78, 5) is 0. The fraction of sp³-hybridized carbons (Fsp3) is 0.875. The van der Waals surface area contributed by atoms with Gasteiger partial charge in [0.1, 0.15) is 5.54 Å². The number of nitriles is 1. The molecule has 0 spiro atoms. The third-order valence-corrected chi connectivity index (χ3v) is 1.33. The molecule has 0 bridgehead atoms. The molecule has 0 aliphatic heterocycles. The molecule has 11 heavy (non-hydrogen) atoms. The molecule has 0 saturated carbocycles. The van der Waals surface area contributed by atoms with Gasteiger partial charge in [-0.1, -0.05) is 0 Å². The summed E-state index contributed by atoms with van der Waals surface area (Å²) in [5, 5.41) is 8.53. The Hall–Kier alpha value is -0.590. The molecular weight excluding hydrogens is 140 g/mol. The summed E-state index contributed by atoms with van der Waals surface area (Å²) in [5.74, 6) is 0. The molecule has 3 nitrogen and oxygen atoms in total. The third-order valence-electron chi connectivity index (χ3n) is 1.33. The molecule has 0 aromatic carbocycles. The van der Waals surface area contributed by atoms with E-state index in [0.29, 0.717) is 13.0 Å². The van der Waals surface area contributed by atoms with Crippen LogP contribution in [0, 0.1) is 11.3 Å². The van der Waals surface area contributed by atoms with Crippen molar-refractivity contribution in [2.24, 2.45) is 5.73 Å². The van der Waals surface area contributed by atoms with Crippen LogP contribution in [0.5, 0.6) is 0 Å². The Morgan fingerprint density at radius 3 is 2.55 bits per heavy atom. The summed E-state index contributed by atoms with van der Waals surface area (Å²) >= 11 is 0. The van der Waals surface area contributed by atoms with E-state index in [0.717, 1.165) is 0 Å². The molecule has 3 heteroatoms. The van der Waals surface area contributed by atoms with Gasteiger partial charge in [0.2, 0.25) is 0 Å². The first-order valence-electron chi connectivity index (χ1n) is 3.79. The Balaban J connectivity index is 3.48. The number of hydrogen-bond donors (Lipinski definition) is 1. The summed E-state index contributed by atoms with van der Waals surface area (Å²) in [6.07, 6.45) is 0.797. The second kappa shape index (κ2) is 4.32. The van der Waals surface area contributed by atoms with Gasteiger partial charge >= 0.3 is 0 Å². The predicted molar refractivity (Wildman–Crippen MR) is 43.9 cm³/mol. The zero-order valence-corrected chi connectivity index (χ0v) is 7.42. The van der Waals surface area contributed by atoms with Crippen molar-refractivity contribution in [3.05, 3.63) is 0 Å². The van der Waals surface area contributed by atoms with E-state index in [1.54, 1.807) is 6.92 Å². The fourth-order valence-corrected chi connectivity index (χ4v) is 0.563. The normalized spacial score (nSPS) is 16.0. The third kappa shape index (κ3) is 5.84. The summed E-state index contributed by atoms with van der Waals surface area (Å²) in [6.45, 7) is 6.18. The lowest BCUT2D eigenvalue weighted by Gasteiger charge is -2.15. The highest BCUT2D eigenvalue weighted by molar-refractivity contribution is 5.00. The van der Waals surface area contributed by atoms with Gasteiger partial charge in [-0.25, -0.2) is 0 Å². The van der Waals surface area contributed by atoms with Gasteiger partial charge in [-0.05, 0) is 20.8 Å². The monoisotopic (exact) mass is 156 g/mol. The van der Waals surface area contributed by atoms with E-state index in [1.165, 1.54) is 0 Å². The maximum Gasteiger partial charge on any atom is 0.103 e. The van der Waals surface area contributed by atoms with Gasteiger partial charge in [0.05, 0.1) is 12.2 Å². The SMILES string of the molecule is CC(C)OCC[C@](C)(N)C#N. The average molecular weight is 156 g/mol. The summed E-state index contributed by atoms with van der Waals surface area (Å²) < 4.78 is 5.25. The van der Waals surface area contributed by atoms with Crippen LogP contribution in [0.3, 0.4) is 0 Å². The van der Waals surface area contributed by atoms with E-state index in [4.69, 9.17) is 15.7 Å². The van der Waals surface area contributed by atoms with E-state index < -0.39 is 5.54 Å². The van der Waals surface area contributed by atoms with Crippen LogP contribution < -0.4 is 5.73 Å². The van der Waals surface area contributed by atoms with Crippen molar-refractivity contribution in [3.63, 3.8) is 0 Å². The highest BCUT2D eigenvalue weighted by atomic mass is 16.5. The molecule has 0 heterocycles. The number of hydrogen-bond acceptors (Lipinski definition) is 3. The molecular formula is C8H16N2O. The van der Waals surface area contributed by atoms with E-state index in [1.807, 2.05) is 19.9 Å². The first kappa shape index (κ1) is 10.4. The number of nitrogens with zero attached hydrogens (tertiary/aromatic N) is 1. The van der Waals surface area contributed by atoms with Crippen LogP contribution in [0.1, 0.15) is 27.2 Å². The zero-order chi connectivity index (χ0) is 8.91.